The van der Waals surface area contributed by atoms with Crippen molar-refractivity contribution in [3.8, 4) is 11.8 Å². The van der Waals surface area contributed by atoms with Crippen molar-refractivity contribution in [1.29, 1.82) is 5.26 Å². The summed E-state index contributed by atoms with van der Waals surface area (Å²) in [7, 11) is 0. The maximum Gasteiger partial charge on any atom is 0.419 e. The van der Waals surface area contributed by atoms with Gasteiger partial charge in [0.15, 0.2) is 0 Å². The number of nitrogens with zero attached hydrogens (tertiary/aromatic N) is 3. The highest BCUT2D eigenvalue weighted by atomic mass is 19.3. The van der Waals surface area contributed by atoms with E-state index >= 15 is 0 Å². The second-order valence-electron chi connectivity index (χ2n) is 9.57. The van der Waals surface area contributed by atoms with Gasteiger partial charge in [-0.05, 0) is 70.5 Å². The maximum atomic E-state index is 13.2. The number of H-pyrrole nitrogens is 1. The fourth-order valence-corrected chi connectivity index (χ4v) is 4.29. The molecule has 1 atom stereocenters. The average Bonchev–Trinajstić information content (AvgIpc) is 3.38. The number of aromatic nitrogens is 3. The van der Waals surface area contributed by atoms with Crippen LogP contribution in [0.4, 0.5) is 13.6 Å². The molecule has 2 heterocycles. The number of nitriles is 1. The lowest BCUT2D eigenvalue weighted by atomic mass is 9.99. The zero-order chi connectivity index (χ0) is 26.4. The van der Waals surface area contributed by atoms with Gasteiger partial charge in [-0.2, -0.15) is 5.26 Å². The molecule has 0 saturated carbocycles. The summed E-state index contributed by atoms with van der Waals surface area (Å²) in [5.41, 5.74) is 1.34. The Morgan fingerprint density at radius 1 is 1.19 bits per heavy atom. The first kappa shape index (κ1) is 25.0. The van der Waals surface area contributed by atoms with Gasteiger partial charge in [-0.1, -0.05) is 0 Å². The van der Waals surface area contributed by atoms with Crippen molar-refractivity contribution in [1.82, 2.24) is 14.3 Å². The highest BCUT2D eigenvalue weighted by Gasteiger charge is 2.26. The van der Waals surface area contributed by atoms with Crippen LogP contribution in [-0.2, 0) is 4.74 Å². The Morgan fingerprint density at radius 2 is 1.92 bits per heavy atom. The van der Waals surface area contributed by atoms with Crippen LogP contribution in [0.1, 0.15) is 50.4 Å². The van der Waals surface area contributed by atoms with E-state index < -0.39 is 30.8 Å². The number of hydrogen-bond donors (Lipinski definition) is 1. The van der Waals surface area contributed by atoms with E-state index in [0.29, 0.717) is 38.5 Å². The average molecular weight is 497 g/mol. The summed E-state index contributed by atoms with van der Waals surface area (Å²) in [5, 5.41) is 13.1. The summed E-state index contributed by atoms with van der Waals surface area (Å²) in [6.07, 6.45) is -1.74. The fourth-order valence-electron chi connectivity index (χ4n) is 4.29. The van der Waals surface area contributed by atoms with Crippen molar-refractivity contribution in [3.05, 3.63) is 63.6 Å². The van der Waals surface area contributed by atoms with Gasteiger partial charge in [-0.25, -0.2) is 18.3 Å². The number of halogens is 2. The number of rotatable bonds is 5. The Bertz CT molecular complexity index is 1570. The molecule has 0 spiro atoms. The van der Waals surface area contributed by atoms with Gasteiger partial charge >= 0.3 is 6.09 Å². The number of aromatic amines is 1. The third-order valence-electron chi connectivity index (χ3n) is 5.76. The fraction of sp³-hybridized carbons (Fsp3) is 0.346. The van der Waals surface area contributed by atoms with Gasteiger partial charge in [0.1, 0.15) is 18.0 Å². The van der Waals surface area contributed by atoms with Gasteiger partial charge in [-0.3, -0.25) is 14.5 Å². The van der Waals surface area contributed by atoms with E-state index in [0.717, 1.165) is 0 Å². The molecule has 1 unspecified atom stereocenters. The van der Waals surface area contributed by atoms with E-state index in [1.807, 2.05) is 6.07 Å². The number of hydrogen-bond acceptors (Lipinski definition) is 5. The second-order valence-corrected chi connectivity index (χ2v) is 9.57. The van der Waals surface area contributed by atoms with Crippen LogP contribution in [0.15, 0.2) is 41.3 Å². The minimum Gasteiger partial charge on any atom is -0.487 e. The van der Waals surface area contributed by atoms with Gasteiger partial charge in [0.25, 0.3) is 12.0 Å². The largest absolute Gasteiger partial charge is 0.487 e. The molecule has 0 amide bonds. The van der Waals surface area contributed by atoms with Crippen molar-refractivity contribution < 1.29 is 23.0 Å². The molecule has 0 aliphatic carbocycles. The highest BCUT2D eigenvalue weighted by molar-refractivity contribution is 5.95. The molecule has 2 aromatic heterocycles. The Hall–Kier alpha value is -4.13. The quantitative estimate of drug-likeness (QED) is 0.393. The topological polar surface area (TPSA) is 102 Å². The van der Waals surface area contributed by atoms with Crippen molar-refractivity contribution in [2.24, 2.45) is 0 Å². The van der Waals surface area contributed by atoms with Crippen molar-refractivity contribution in [2.75, 3.05) is 6.61 Å². The van der Waals surface area contributed by atoms with E-state index in [-0.39, 0.29) is 11.3 Å². The van der Waals surface area contributed by atoms with Crippen LogP contribution >= 0.6 is 0 Å². The molecular formula is C26H26F2N4O4. The van der Waals surface area contributed by atoms with Crippen LogP contribution in [0.3, 0.4) is 0 Å². The standard InChI is InChI=1S/C26H26F2N4O4/c1-14-10-20(35-13-21(27)28)22(17-8-9-31(23(14)17)25(34)36-26(3,4)5)15(2)32-24(33)18-11-16(12-29)6-7-19(18)30-32/h6-11,15,21,30H,13H2,1-5H3. The van der Waals surface area contributed by atoms with E-state index in [9.17, 15) is 23.6 Å². The third kappa shape index (κ3) is 4.56. The van der Waals surface area contributed by atoms with Gasteiger partial charge in [0.05, 0.1) is 34.1 Å². The summed E-state index contributed by atoms with van der Waals surface area (Å²) in [6.45, 7) is 7.91. The van der Waals surface area contributed by atoms with Crippen LogP contribution in [0.25, 0.3) is 21.8 Å². The first-order valence-electron chi connectivity index (χ1n) is 11.3. The first-order chi connectivity index (χ1) is 16.9. The second kappa shape index (κ2) is 9.15. The van der Waals surface area contributed by atoms with Gasteiger partial charge in [0.2, 0.25) is 0 Å². The lowest BCUT2D eigenvalue weighted by molar-refractivity contribution is 0.0544. The lowest BCUT2D eigenvalue weighted by Crippen LogP contribution is -2.27. The molecule has 0 fully saturated rings. The smallest absolute Gasteiger partial charge is 0.419 e. The molecule has 0 aliphatic rings. The Kier molecular flexibility index (Phi) is 6.35. The van der Waals surface area contributed by atoms with Crippen LogP contribution in [0.2, 0.25) is 0 Å². The molecule has 0 bridgehead atoms. The molecule has 0 saturated heterocycles. The summed E-state index contributed by atoms with van der Waals surface area (Å²) in [4.78, 5) is 26.1. The predicted molar refractivity (Wildman–Crippen MR) is 131 cm³/mol. The molecule has 1 N–H and O–H groups in total. The summed E-state index contributed by atoms with van der Waals surface area (Å²) in [5.74, 6) is 0.179. The number of carbonyl (C=O) groups is 1. The number of nitrogens with one attached hydrogen (secondary N) is 1. The Morgan fingerprint density at radius 3 is 2.56 bits per heavy atom. The van der Waals surface area contributed by atoms with E-state index in [4.69, 9.17) is 9.47 Å². The number of aryl methyl sites for hydroxylation is 1. The van der Waals surface area contributed by atoms with Crippen molar-refractivity contribution in [3.63, 3.8) is 0 Å². The Balaban J connectivity index is 1.93. The van der Waals surface area contributed by atoms with Gasteiger partial charge in [0, 0.05) is 17.1 Å². The summed E-state index contributed by atoms with van der Waals surface area (Å²) < 4.78 is 39.8. The first-order valence-corrected chi connectivity index (χ1v) is 11.3. The molecule has 4 aromatic rings. The molecule has 2 aromatic carbocycles. The van der Waals surface area contributed by atoms with E-state index in [2.05, 4.69) is 5.10 Å². The predicted octanol–water partition coefficient (Wildman–Crippen LogP) is 5.50. The molecule has 0 aliphatic heterocycles. The molecule has 188 valence electrons. The third-order valence-corrected chi connectivity index (χ3v) is 5.76. The molecule has 0 radical (unpaired) electrons. The maximum absolute atomic E-state index is 13.2. The van der Waals surface area contributed by atoms with Gasteiger partial charge < -0.3 is 9.47 Å². The molecule has 36 heavy (non-hydrogen) atoms. The van der Waals surface area contributed by atoms with Crippen molar-refractivity contribution in [2.45, 2.75) is 52.7 Å². The lowest BCUT2D eigenvalue weighted by Gasteiger charge is -2.22. The van der Waals surface area contributed by atoms with Crippen LogP contribution in [-0.4, -0.2) is 39.1 Å². The number of ether oxygens (including phenoxy) is 2. The molecular weight excluding hydrogens is 470 g/mol. The molecule has 8 nitrogen and oxygen atoms in total. The number of alkyl halides is 2. The monoisotopic (exact) mass is 496 g/mol. The van der Waals surface area contributed by atoms with Crippen molar-refractivity contribution >= 4 is 27.9 Å². The van der Waals surface area contributed by atoms with Crippen LogP contribution < -0.4 is 10.3 Å². The number of benzene rings is 2. The summed E-state index contributed by atoms with van der Waals surface area (Å²) in [6, 6.07) is 9.30. The van der Waals surface area contributed by atoms with E-state index in [1.165, 1.54) is 15.3 Å². The molecule has 4 rings (SSSR count). The number of fused-ring (bicyclic) bond motifs is 2. The SMILES string of the molecule is Cc1cc(OCC(F)F)c(C(C)n2[nH]c3ccc(C#N)cc3c2=O)c2ccn(C(=O)OC(C)(C)C)c12. The minimum atomic E-state index is -2.70. The number of carbonyl (C=O) groups excluding carboxylic acids is 1. The molecule has 10 heteroatoms. The Labute approximate surface area is 205 Å². The minimum absolute atomic E-state index is 0.179. The van der Waals surface area contributed by atoms with E-state index in [1.54, 1.807) is 65.1 Å². The van der Waals surface area contributed by atoms with Crippen LogP contribution in [0.5, 0.6) is 5.75 Å². The van der Waals surface area contributed by atoms with Crippen LogP contribution in [0, 0.1) is 18.3 Å². The highest BCUT2D eigenvalue weighted by Crippen LogP contribution is 2.38. The normalized spacial score (nSPS) is 12.8. The zero-order valence-corrected chi connectivity index (χ0v) is 20.6. The summed E-state index contributed by atoms with van der Waals surface area (Å²) >= 11 is 0. The van der Waals surface area contributed by atoms with Gasteiger partial charge in [-0.15, -0.1) is 0 Å². The zero-order valence-electron chi connectivity index (χ0n) is 20.6.